The Morgan fingerprint density at radius 1 is 0.952 bits per heavy atom. The Kier molecular flexibility index (Phi) is 5.32. The summed E-state index contributed by atoms with van der Waals surface area (Å²) in [6.45, 7) is 1.81. The quantitative estimate of drug-likeness (QED) is 0.718. The van der Waals surface area contributed by atoms with Gasteiger partial charge >= 0.3 is 7.60 Å². The van der Waals surface area contributed by atoms with Crippen molar-refractivity contribution in [3.63, 3.8) is 0 Å². The molecule has 5 heteroatoms. The van der Waals surface area contributed by atoms with Gasteiger partial charge in [-0.25, -0.2) is 0 Å². The van der Waals surface area contributed by atoms with Gasteiger partial charge in [0.15, 0.2) is 0 Å². The summed E-state index contributed by atoms with van der Waals surface area (Å²) in [4.78, 5) is 18.4. The van der Waals surface area contributed by atoms with Gasteiger partial charge in [0, 0.05) is 6.54 Å². The average molecular weight is 305 g/mol. The van der Waals surface area contributed by atoms with Gasteiger partial charge in [0.2, 0.25) is 0 Å². The van der Waals surface area contributed by atoms with Crippen molar-refractivity contribution < 1.29 is 14.4 Å². The molecule has 0 bridgehead atoms. The molecule has 0 fully saturated rings. The van der Waals surface area contributed by atoms with Gasteiger partial charge in [0.05, 0.1) is 11.7 Å². The molecule has 0 radical (unpaired) electrons. The van der Waals surface area contributed by atoms with E-state index in [0.29, 0.717) is 0 Å². The Balaban J connectivity index is 2.20. The lowest BCUT2D eigenvalue weighted by Gasteiger charge is -2.22. The van der Waals surface area contributed by atoms with E-state index in [0.717, 1.165) is 11.1 Å². The van der Waals surface area contributed by atoms with E-state index >= 15 is 0 Å². The molecule has 21 heavy (non-hydrogen) atoms. The number of hydrogen-bond acceptors (Lipinski definition) is 2. The minimum absolute atomic E-state index is 0.0820. The molecule has 3 N–H and O–H groups in total. The van der Waals surface area contributed by atoms with Crippen LogP contribution in [0.3, 0.4) is 0 Å². The fourth-order valence-corrected chi connectivity index (χ4v) is 2.47. The van der Waals surface area contributed by atoms with Crippen LogP contribution in [0.15, 0.2) is 60.7 Å². The van der Waals surface area contributed by atoms with Crippen molar-refractivity contribution in [1.29, 1.82) is 0 Å². The van der Waals surface area contributed by atoms with Crippen LogP contribution in [-0.4, -0.2) is 22.0 Å². The summed E-state index contributed by atoms with van der Waals surface area (Å²) >= 11 is 0. The van der Waals surface area contributed by atoms with Gasteiger partial charge in [-0.2, -0.15) is 0 Å². The Bertz CT molecular complexity index is 558. The number of benzene rings is 2. The van der Waals surface area contributed by atoms with E-state index in [-0.39, 0.29) is 12.6 Å². The first-order valence-corrected chi connectivity index (χ1v) is 8.55. The summed E-state index contributed by atoms with van der Waals surface area (Å²) in [6, 6.07) is 19.7. The molecule has 0 unspecified atom stereocenters. The lowest BCUT2D eigenvalue weighted by molar-refractivity contribution is 0.357. The number of nitrogens with one attached hydrogen (secondary N) is 1. The maximum atomic E-state index is 11.3. The summed E-state index contributed by atoms with van der Waals surface area (Å²) < 4.78 is 11.3. The van der Waals surface area contributed by atoms with E-state index in [1.807, 2.05) is 60.7 Å². The van der Waals surface area contributed by atoms with Crippen LogP contribution >= 0.6 is 7.60 Å². The fourth-order valence-electron chi connectivity index (χ4n) is 2.13. The molecular formula is C16H20NO3P. The predicted octanol–water partition coefficient (Wildman–Crippen LogP) is 2.93. The van der Waals surface area contributed by atoms with Gasteiger partial charge in [-0.15, -0.1) is 0 Å². The van der Waals surface area contributed by atoms with Crippen LogP contribution < -0.4 is 5.32 Å². The highest BCUT2D eigenvalue weighted by atomic mass is 31.2. The SMILES string of the molecule is C[C@@H](CNC(c1ccccc1)c1ccccc1)P(=O)(O)O. The molecule has 4 nitrogen and oxygen atoms in total. The van der Waals surface area contributed by atoms with Gasteiger partial charge in [-0.05, 0) is 18.1 Å². The van der Waals surface area contributed by atoms with Crippen molar-refractivity contribution in [2.24, 2.45) is 0 Å². The average Bonchev–Trinajstić information content (AvgIpc) is 2.48. The zero-order valence-corrected chi connectivity index (χ0v) is 12.8. The third-order valence-corrected chi connectivity index (χ3v) is 4.79. The van der Waals surface area contributed by atoms with Crippen molar-refractivity contribution >= 4 is 7.60 Å². The van der Waals surface area contributed by atoms with Crippen LogP contribution in [-0.2, 0) is 4.57 Å². The predicted molar refractivity (Wildman–Crippen MR) is 84.2 cm³/mol. The Labute approximate surface area is 125 Å². The summed E-state index contributed by atoms with van der Waals surface area (Å²) in [6.07, 6.45) is 0. The van der Waals surface area contributed by atoms with Gasteiger partial charge in [0.25, 0.3) is 0 Å². The molecule has 0 aliphatic carbocycles. The normalized spacial score (nSPS) is 13.3. The minimum Gasteiger partial charge on any atom is -0.324 e. The molecule has 0 spiro atoms. The highest BCUT2D eigenvalue weighted by molar-refractivity contribution is 7.52. The largest absolute Gasteiger partial charge is 0.329 e. The van der Waals surface area contributed by atoms with Crippen LogP contribution in [0.5, 0.6) is 0 Å². The smallest absolute Gasteiger partial charge is 0.324 e. The molecule has 1 atom stereocenters. The summed E-state index contributed by atoms with van der Waals surface area (Å²) in [7, 11) is -4.06. The Morgan fingerprint density at radius 3 is 1.76 bits per heavy atom. The summed E-state index contributed by atoms with van der Waals surface area (Å²) in [5.74, 6) is 0. The molecule has 112 valence electrons. The standard InChI is InChI=1S/C16H20NO3P/c1-13(21(18,19)20)12-17-16(14-8-4-2-5-9-14)15-10-6-3-7-11-15/h2-11,13,16-17H,12H2,1H3,(H2,18,19,20)/t13-/m0/s1. The number of rotatable bonds is 6. The van der Waals surface area contributed by atoms with Crippen molar-refractivity contribution in [2.45, 2.75) is 18.6 Å². The highest BCUT2D eigenvalue weighted by Gasteiger charge is 2.25. The van der Waals surface area contributed by atoms with E-state index in [1.165, 1.54) is 0 Å². The van der Waals surface area contributed by atoms with E-state index in [2.05, 4.69) is 5.32 Å². The first-order valence-electron chi connectivity index (χ1n) is 6.87. The third-order valence-electron chi connectivity index (χ3n) is 3.46. The zero-order chi connectivity index (χ0) is 15.3. The lowest BCUT2D eigenvalue weighted by Crippen LogP contribution is -2.29. The van der Waals surface area contributed by atoms with E-state index in [9.17, 15) is 14.4 Å². The van der Waals surface area contributed by atoms with Crippen molar-refractivity contribution in [3.05, 3.63) is 71.8 Å². The van der Waals surface area contributed by atoms with Crippen LogP contribution in [0.2, 0.25) is 0 Å². The van der Waals surface area contributed by atoms with Crippen molar-refractivity contribution in [3.8, 4) is 0 Å². The maximum Gasteiger partial charge on any atom is 0.329 e. The topological polar surface area (TPSA) is 69.6 Å². The summed E-state index contributed by atoms with van der Waals surface area (Å²) in [5, 5.41) is 3.27. The fraction of sp³-hybridized carbons (Fsp3) is 0.250. The monoisotopic (exact) mass is 305 g/mol. The van der Waals surface area contributed by atoms with Crippen LogP contribution in [0.1, 0.15) is 24.1 Å². The van der Waals surface area contributed by atoms with Crippen molar-refractivity contribution in [2.75, 3.05) is 6.54 Å². The molecule has 0 heterocycles. The van der Waals surface area contributed by atoms with E-state index < -0.39 is 13.3 Å². The van der Waals surface area contributed by atoms with Crippen molar-refractivity contribution in [1.82, 2.24) is 5.32 Å². The third kappa shape index (κ3) is 4.51. The molecule has 2 aromatic carbocycles. The molecule has 2 aromatic rings. The van der Waals surface area contributed by atoms with Gasteiger partial charge in [-0.3, -0.25) is 4.57 Å². The van der Waals surface area contributed by atoms with Crippen LogP contribution in [0.4, 0.5) is 0 Å². The maximum absolute atomic E-state index is 11.3. The second-order valence-corrected chi connectivity index (χ2v) is 7.16. The van der Waals surface area contributed by atoms with E-state index in [4.69, 9.17) is 0 Å². The van der Waals surface area contributed by atoms with Gasteiger partial charge in [-0.1, -0.05) is 60.7 Å². The first-order chi connectivity index (χ1) is 9.98. The molecule has 2 rings (SSSR count). The van der Waals surface area contributed by atoms with Crippen LogP contribution in [0.25, 0.3) is 0 Å². The minimum atomic E-state index is -4.06. The second kappa shape index (κ2) is 7.01. The van der Waals surface area contributed by atoms with Gasteiger partial charge < -0.3 is 15.1 Å². The zero-order valence-electron chi connectivity index (χ0n) is 11.9. The Hall–Kier alpha value is -1.45. The molecule has 0 amide bonds. The van der Waals surface area contributed by atoms with Crippen LogP contribution in [0, 0.1) is 0 Å². The molecular weight excluding hydrogens is 285 g/mol. The van der Waals surface area contributed by atoms with E-state index in [1.54, 1.807) is 6.92 Å². The lowest BCUT2D eigenvalue weighted by atomic mass is 9.99. The molecule has 0 saturated carbocycles. The molecule has 0 aliphatic heterocycles. The second-order valence-electron chi connectivity index (χ2n) is 5.10. The summed E-state index contributed by atoms with van der Waals surface area (Å²) in [5.41, 5.74) is 1.43. The molecule has 0 aliphatic rings. The Morgan fingerprint density at radius 2 is 1.38 bits per heavy atom. The first kappa shape index (κ1) is 15.9. The highest BCUT2D eigenvalue weighted by Crippen LogP contribution is 2.40. The van der Waals surface area contributed by atoms with Gasteiger partial charge in [0.1, 0.15) is 0 Å². The number of hydrogen-bond donors (Lipinski definition) is 3. The molecule has 0 aromatic heterocycles. The molecule has 0 saturated heterocycles.